The lowest BCUT2D eigenvalue weighted by molar-refractivity contribution is 0.0697. The van der Waals surface area contributed by atoms with Crippen molar-refractivity contribution in [3.8, 4) is 22.4 Å². The Labute approximate surface area is 234 Å². The maximum Gasteiger partial charge on any atom is 0.335 e. The van der Waals surface area contributed by atoms with Crippen LogP contribution < -0.4 is 0 Å². The second-order valence-electron chi connectivity index (χ2n) is 8.54. The number of rotatable bonds is 6. The number of aromatic nitrogens is 1. The van der Waals surface area contributed by atoms with Crippen LogP contribution in [-0.4, -0.2) is 23.5 Å². The molecule has 0 amide bonds. The fraction of sp³-hybridized carbons (Fsp3) is 0.0357. The molecule has 0 aliphatic carbocycles. The summed E-state index contributed by atoms with van der Waals surface area (Å²) in [4.78, 5) is 11.1. The average Bonchev–Trinajstić information content (AvgIpc) is 3.20. The molecule has 0 unspecified atom stereocenters. The zero-order valence-corrected chi connectivity index (χ0v) is 22.7. The topological polar surface area (TPSA) is 76.4 Å². The van der Waals surface area contributed by atoms with Gasteiger partial charge in [-0.05, 0) is 70.0 Å². The molecule has 0 saturated heterocycles. The Morgan fingerprint density at radius 3 is 2.26 bits per heavy atom. The minimum Gasteiger partial charge on any atom is -0.478 e. The van der Waals surface area contributed by atoms with Gasteiger partial charge in [-0.2, -0.15) is 0 Å². The van der Waals surface area contributed by atoms with Crippen molar-refractivity contribution in [1.29, 1.82) is 0 Å². The van der Waals surface area contributed by atoms with Crippen molar-refractivity contribution in [2.45, 2.75) is 11.3 Å². The molecule has 5 aromatic rings. The molecule has 0 spiro atoms. The Hall–Kier alpha value is -3.60. The molecular formula is C28H16BrClF3NO4S. The number of carboxylic acid groups (broad SMARTS) is 1. The van der Waals surface area contributed by atoms with Crippen molar-refractivity contribution in [3.05, 3.63) is 111 Å². The van der Waals surface area contributed by atoms with E-state index in [4.69, 9.17) is 11.6 Å². The molecular weight excluding hydrogens is 619 g/mol. The first-order valence-corrected chi connectivity index (χ1v) is 13.9. The van der Waals surface area contributed by atoms with E-state index in [1.54, 1.807) is 30.3 Å². The van der Waals surface area contributed by atoms with Gasteiger partial charge < -0.3 is 5.11 Å². The maximum absolute atomic E-state index is 14.2. The molecule has 0 atom stereocenters. The predicted octanol–water partition coefficient (Wildman–Crippen LogP) is 8.40. The van der Waals surface area contributed by atoms with Gasteiger partial charge >= 0.3 is 5.97 Å². The first-order chi connectivity index (χ1) is 18.5. The Kier molecular flexibility index (Phi) is 7.04. The summed E-state index contributed by atoms with van der Waals surface area (Å²) in [5.41, 5.74) is 1.53. The van der Waals surface area contributed by atoms with Gasteiger partial charge in [0.15, 0.2) is 0 Å². The molecule has 5 nitrogen and oxygen atoms in total. The smallest absolute Gasteiger partial charge is 0.335 e. The highest BCUT2D eigenvalue weighted by Gasteiger charge is 2.28. The van der Waals surface area contributed by atoms with E-state index in [0.29, 0.717) is 21.2 Å². The van der Waals surface area contributed by atoms with Crippen LogP contribution in [0.5, 0.6) is 0 Å². The molecule has 1 aromatic heterocycles. The third-order valence-corrected chi connectivity index (χ3v) is 9.00. The Morgan fingerprint density at radius 2 is 1.62 bits per heavy atom. The molecule has 0 fully saturated rings. The first kappa shape index (κ1) is 27.0. The highest BCUT2D eigenvalue weighted by atomic mass is 79.9. The quantitative estimate of drug-likeness (QED) is 0.204. The minimum absolute atomic E-state index is 0.00811. The molecule has 0 aliphatic rings. The van der Waals surface area contributed by atoms with Gasteiger partial charge in [-0.25, -0.2) is 30.4 Å². The monoisotopic (exact) mass is 633 g/mol. The molecule has 0 aliphatic heterocycles. The number of carbonyl (C=O) groups is 1. The van der Waals surface area contributed by atoms with Crippen LogP contribution in [0.3, 0.4) is 0 Å². The standard InChI is InChI=1S/C28H16BrClF3NO4S/c29-25-22-14-19(31)7-11-24(22)34(39(37,38)20-8-4-15(5-9-20)27(32)33)26(25)17-3-1-2-16(12-17)21-10-6-18(28(35)36)13-23(21)30/h1-14,27H,(H,35,36). The van der Waals surface area contributed by atoms with Crippen LogP contribution in [0, 0.1) is 5.82 Å². The van der Waals surface area contributed by atoms with Crippen LogP contribution in [0.1, 0.15) is 22.3 Å². The summed E-state index contributed by atoms with van der Waals surface area (Å²) < 4.78 is 69.6. The van der Waals surface area contributed by atoms with E-state index in [1.807, 2.05) is 0 Å². The van der Waals surface area contributed by atoms with Crippen molar-refractivity contribution < 1.29 is 31.5 Å². The molecule has 198 valence electrons. The highest BCUT2D eigenvalue weighted by Crippen LogP contribution is 2.42. The van der Waals surface area contributed by atoms with Gasteiger partial charge in [0.05, 0.1) is 26.1 Å². The van der Waals surface area contributed by atoms with Gasteiger partial charge in [0.1, 0.15) is 5.82 Å². The molecule has 0 saturated carbocycles. The van der Waals surface area contributed by atoms with Crippen molar-refractivity contribution in [3.63, 3.8) is 0 Å². The van der Waals surface area contributed by atoms with E-state index in [2.05, 4.69) is 15.9 Å². The van der Waals surface area contributed by atoms with E-state index < -0.39 is 28.2 Å². The van der Waals surface area contributed by atoms with Gasteiger partial charge in [0.25, 0.3) is 16.4 Å². The number of hydrogen-bond donors (Lipinski definition) is 1. The summed E-state index contributed by atoms with van der Waals surface area (Å²) >= 11 is 9.82. The lowest BCUT2D eigenvalue weighted by Crippen LogP contribution is -2.14. The third-order valence-electron chi connectivity index (χ3n) is 6.16. The van der Waals surface area contributed by atoms with E-state index in [-0.39, 0.29) is 37.6 Å². The number of hydrogen-bond acceptors (Lipinski definition) is 3. The molecule has 0 radical (unpaired) electrons. The molecule has 1 heterocycles. The molecule has 5 rings (SSSR count). The Balaban J connectivity index is 1.75. The number of aromatic carboxylic acids is 1. The number of alkyl halides is 2. The number of benzene rings is 4. The number of nitrogens with zero attached hydrogens (tertiary/aromatic N) is 1. The normalized spacial score (nSPS) is 11.8. The van der Waals surface area contributed by atoms with Crippen molar-refractivity contribution in [2.24, 2.45) is 0 Å². The highest BCUT2D eigenvalue weighted by molar-refractivity contribution is 9.10. The second kappa shape index (κ2) is 10.2. The molecule has 11 heteroatoms. The summed E-state index contributed by atoms with van der Waals surface area (Å²) in [6, 6.07) is 18.9. The van der Waals surface area contributed by atoms with Gasteiger partial charge in [-0.1, -0.05) is 48.0 Å². The molecule has 1 N–H and O–H groups in total. The maximum atomic E-state index is 14.2. The zero-order chi connectivity index (χ0) is 28.1. The zero-order valence-electron chi connectivity index (χ0n) is 19.6. The van der Waals surface area contributed by atoms with Gasteiger partial charge in [-0.3, -0.25) is 0 Å². The van der Waals surface area contributed by atoms with Crippen LogP contribution in [0.4, 0.5) is 13.2 Å². The predicted molar refractivity (Wildman–Crippen MR) is 146 cm³/mol. The Bertz CT molecular complexity index is 1870. The number of fused-ring (bicyclic) bond motifs is 1. The number of halogens is 5. The first-order valence-electron chi connectivity index (χ1n) is 11.3. The van der Waals surface area contributed by atoms with Crippen LogP contribution in [0.2, 0.25) is 5.02 Å². The van der Waals surface area contributed by atoms with Gasteiger partial charge in [0, 0.05) is 27.1 Å². The minimum atomic E-state index is -4.35. The average molecular weight is 635 g/mol. The van der Waals surface area contributed by atoms with Crippen LogP contribution in [-0.2, 0) is 10.0 Å². The SMILES string of the molecule is O=C(O)c1ccc(-c2cccc(-c3c(Br)c4cc(F)ccc4n3S(=O)(=O)c3ccc(C(F)F)cc3)c2)c(Cl)c1. The molecule has 0 bridgehead atoms. The summed E-state index contributed by atoms with van der Waals surface area (Å²) in [5.74, 6) is -1.71. The molecule has 4 aromatic carbocycles. The van der Waals surface area contributed by atoms with E-state index in [0.717, 1.165) is 34.3 Å². The van der Waals surface area contributed by atoms with Crippen molar-refractivity contribution in [2.75, 3.05) is 0 Å². The fourth-order valence-electron chi connectivity index (χ4n) is 4.30. The van der Waals surface area contributed by atoms with Crippen LogP contribution in [0.15, 0.2) is 94.3 Å². The third kappa shape index (κ3) is 4.84. The van der Waals surface area contributed by atoms with Gasteiger partial charge in [-0.15, -0.1) is 0 Å². The fourth-order valence-corrected chi connectivity index (χ4v) is 6.98. The van der Waals surface area contributed by atoms with E-state index >= 15 is 0 Å². The summed E-state index contributed by atoms with van der Waals surface area (Å²) in [7, 11) is -4.35. The van der Waals surface area contributed by atoms with Crippen molar-refractivity contribution >= 4 is 54.4 Å². The van der Waals surface area contributed by atoms with Gasteiger partial charge in [0.2, 0.25) is 0 Å². The van der Waals surface area contributed by atoms with Crippen LogP contribution in [0.25, 0.3) is 33.3 Å². The lowest BCUT2D eigenvalue weighted by atomic mass is 10.0. The van der Waals surface area contributed by atoms with Crippen LogP contribution >= 0.6 is 27.5 Å². The molecule has 39 heavy (non-hydrogen) atoms. The largest absolute Gasteiger partial charge is 0.478 e. The Morgan fingerprint density at radius 1 is 0.923 bits per heavy atom. The summed E-state index contributed by atoms with van der Waals surface area (Å²) in [6.07, 6.45) is -2.76. The lowest BCUT2D eigenvalue weighted by Gasteiger charge is -2.14. The van der Waals surface area contributed by atoms with E-state index in [9.17, 15) is 31.5 Å². The van der Waals surface area contributed by atoms with Crippen molar-refractivity contribution in [1.82, 2.24) is 3.97 Å². The van der Waals surface area contributed by atoms with E-state index in [1.165, 1.54) is 24.3 Å². The second-order valence-corrected chi connectivity index (χ2v) is 11.5. The summed E-state index contributed by atoms with van der Waals surface area (Å²) in [5, 5.41) is 9.70. The number of carboxylic acids is 1. The summed E-state index contributed by atoms with van der Waals surface area (Å²) in [6.45, 7) is 0.